The second-order valence-corrected chi connectivity index (χ2v) is 18.3. The molecule has 0 amide bonds. The molecule has 0 aliphatic carbocycles. The molecule has 1 N–H and O–H groups in total. The Balaban J connectivity index is 2.30. The molecule has 0 radical (unpaired) electrons. The molecule has 0 saturated heterocycles. The van der Waals surface area contributed by atoms with Gasteiger partial charge in [0.1, 0.15) is 5.75 Å². The van der Waals surface area contributed by atoms with E-state index >= 15 is 0 Å². The van der Waals surface area contributed by atoms with Crippen LogP contribution in [0.5, 0.6) is 11.5 Å². The summed E-state index contributed by atoms with van der Waals surface area (Å²) >= 11 is 0. The van der Waals surface area contributed by atoms with Crippen molar-refractivity contribution in [1.29, 1.82) is 0 Å². The van der Waals surface area contributed by atoms with Gasteiger partial charge < -0.3 is 14.9 Å². The van der Waals surface area contributed by atoms with Gasteiger partial charge in [-0.15, -0.1) is 0 Å². The highest BCUT2D eigenvalue weighted by molar-refractivity contribution is 5.89. The number of carbonyl (C=O) groups is 1. The molecule has 1 aromatic rings. The van der Waals surface area contributed by atoms with Crippen LogP contribution in [0.4, 0.5) is 0 Å². The maximum atomic E-state index is 12.5. The van der Waals surface area contributed by atoms with Crippen LogP contribution in [0.1, 0.15) is 208 Å². The van der Waals surface area contributed by atoms with Crippen LogP contribution >= 0.6 is 0 Å². The number of allylic oxidation sites excluding steroid dienone is 20. The van der Waals surface area contributed by atoms with E-state index in [0.29, 0.717) is 12.0 Å². The molecule has 62 heavy (non-hydrogen) atoms. The van der Waals surface area contributed by atoms with E-state index in [9.17, 15) is 15.0 Å². The first-order valence-corrected chi connectivity index (χ1v) is 23.7. The van der Waals surface area contributed by atoms with Gasteiger partial charge in [0.05, 0.1) is 12.7 Å². The number of carboxylic acid groups (broad SMARTS) is 1. The van der Waals surface area contributed by atoms with Crippen molar-refractivity contribution in [1.82, 2.24) is 0 Å². The second-order valence-electron chi connectivity index (χ2n) is 18.3. The third kappa shape index (κ3) is 28.3. The first kappa shape index (κ1) is 55.7. The molecule has 0 aliphatic rings. The minimum absolute atomic E-state index is 0.0705. The molecule has 1 aromatic carbocycles. The van der Waals surface area contributed by atoms with E-state index in [-0.39, 0.29) is 17.1 Å². The highest BCUT2D eigenvalue weighted by Gasteiger charge is 2.09. The fraction of sp³-hybridized carbons (Fsp3) is 0.534. The molecule has 0 heterocycles. The number of rotatable bonds is 31. The van der Waals surface area contributed by atoms with E-state index in [0.717, 1.165) is 103 Å². The Bertz CT molecular complexity index is 1820. The number of hydrogen-bond acceptors (Lipinski definition) is 3. The summed E-state index contributed by atoms with van der Waals surface area (Å²) in [7, 11) is 1.39. The standard InChI is InChI=1S/C58H88O4/c1-44(2)22-13-23-45(3)24-14-25-46(4)26-15-27-47(5)28-16-29-48(6)30-17-31-49(7)32-18-33-50(8)34-19-35-51(9)36-20-37-52(10)38-21-39-53(11)40-41-54-42-55(58(60)61)43-56(62-12)57(54)59/h22,24,26,28,30,32,34,36,38,40,42-43,59H,13-21,23,25,27,29,31,33,35,37,39,41H2,1-12H3,(H,60,61)/p-1/b45-24+,46-26+,47-28+,48-30+,49-32+,50-34+,51-36+,52-38+,53-40+. The molecule has 0 aromatic heterocycles. The molecular formula is C58H87O4-. The topological polar surface area (TPSA) is 69.6 Å². The normalized spacial score (nSPS) is 14.2. The SMILES string of the molecule is COc1cc(C(=O)O)cc(C/C=C(\C)CC/C=C(\C)CC/C=C(\C)CC/C=C(\C)CC/C=C(\C)CC/C=C(\C)CC/C=C(\C)CC/C=C(\C)CC/C=C(\C)CCC=C(C)C)c1[O-]. The molecule has 0 spiro atoms. The zero-order valence-corrected chi connectivity index (χ0v) is 41.5. The first-order valence-electron chi connectivity index (χ1n) is 23.7. The highest BCUT2D eigenvalue weighted by atomic mass is 16.5. The lowest BCUT2D eigenvalue weighted by atomic mass is 10.0. The molecule has 0 unspecified atom stereocenters. The monoisotopic (exact) mass is 848 g/mol. The Labute approximate surface area is 380 Å². The Morgan fingerprint density at radius 3 is 0.952 bits per heavy atom. The summed E-state index contributed by atoms with van der Waals surface area (Å²) in [5.74, 6) is -1.24. The quantitative estimate of drug-likeness (QED) is 0.0756. The van der Waals surface area contributed by atoms with Gasteiger partial charge >= 0.3 is 5.97 Å². The van der Waals surface area contributed by atoms with Gasteiger partial charge in [0.2, 0.25) is 0 Å². The first-order chi connectivity index (χ1) is 29.5. The van der Waals surface area contributed by atoms with Gasteiger partial charge in [-0.25, -0.2) is 4.79 Å². The fourth-order valence-corrected chi connectivity index (χ4v) is 7.25. The third-order valence-corrected chi connectivity index (χ3v) is 11.6. The largest absolute Gasteiger partial charge is 0.870 e. The molecule has 0 aliphatic heterocycles. The Morgan fingerprint density at radius 2 is 0.710 bits per heavy atom. The predicted octanol–water partition coefficient (Wildman–Crippen LogP) is 17.5. The summed E-state index contributed by atoms with van der Waals surface area (Å²) in [6.07, 6.45) is 44.1. The van der Waals surface area contributed by atoms with Gasteiger partial charge in [-0.1, -0.05) is 122 Å². The van der Waals surface area contributed by atoms with Gasteiger partial charge in [-0.3, -0.25) is 0 Å². The molecule has 1 rings (SSSR count). The third-order valence-electron chi connectivity index (χ3n) is 11.6. The van der Waals surface area contributed by atoms with Gasteiger partial charge in [-0.05, 0) is 216 Å². The molecule has 4 heteroatoms. The summed E-state index contributed by atoms with van der Waals surface area (Å²) in [6.45, 7) is 24.6. The number of aromatic carboxylic acids is 1. The summed E-state index contributed by atoms with van der Waals surface area (Å²) < 4.78 is 5.10. The Morgan fingerprint density at radius 1 is 0.452 bits per heavy atom. The summed E-state index contributed by atoms with van der Waals surface area (Å²) in [5, 5.41) is 21.9. The zero-order valence-electron chi connectivity index (χ0n) is 41.5. The number of methoxy groups -OCH3 is 1. The van der Waals surface area contributed by atoms with Gasteiger partial charge in [0.25, 0.3) is 0 Å². The van der Waals surface area contributed by atoms with E-state index in [2.05, 4.69) is 131 Å². The van der Waals surface area contributed by atoms with E-state index in [1.165, 1.54) is 87.8 Å². The van der Waals surface area contributed by atoms with Crippen molar-refractivity contribution in [2.45, 2.75) is 198 Å². The fourth-order valence-electron chi connectivity index (χ4n) is 7.25. The minimum Gasteiger partial charge on any atom is -0.870 e. The van der Waals surface area contributed by atoms with Crippen molar-refractivity contribution in [3.63, 3.8) is 0 Å². The van der Waals surface area contributed by atoms with Crippen molar-refractivity contribution in [2.75, 3.05) is 7.11 Å². The Hall–Kier alpha value is -4.31. The van der Waals surface area contributed by atoms with Crippen LogP contribution in [-0.2, 0) is 6.42 Å². The lowest BCUT2D eigenvalue weighted by Crippen LogP contribution is -2.05. The van der Waals surface area contributed by atoms with Crippen LogP contribution in [0.3, 0.4) is 0 Å². The maximum Gasteiger partial charge on any atom is 0.335 e. The van der Waals surface area contributed by atoms with Gasteiger partial charge in [0, 0.05) is 0 Å². The van der Waals surface area contributed by atoms with E-state index in [1.807, 2.05) is 6.08 Å². The van der Waals surface area contributed by atoms with E-state index in [1.54, 1.807) is 0 Å². The summed E-state index contributed by atoms with van der Waals surface area (Å²) in [4.78, 5) is 11.4. The molecule has 0 fully saturated rings. The number of hydrogen-bond donors (Lipinski definition) is 1. The van der Waals surface area contributed by atoms with Crippen molar-refractivity contribution in [3.05, 3.63) is 140 Å². The Kier molecular flexibility index (Phi) is 29.9. The number of carboxylic acids is 1. The van der Waals surface area contributed by atoms with Crippen LogP contribution in [0.2, 0.25) is 0 Å². The lowest BCUT2D eigenvalue weighted by molar-refractivity contribution is -0.271. The van der Waals surface area contributed by atoms with Crippen molar-refractivity contribution in [3.8, 4) is 11.5 Å². The molecule has 0 bridgehead atoms. The van der Waals surface area contributed by atoms with E-state index < -0.39 is 5.97 Å². The zero-order chi connectivity index (χ0) is 46.3. The van der Waals surface area contributed by atoms with Crippen LogP contribution < -0.4 is 9.84 Å². The molecule has 344 valence electrons. The van der Waals surface area contributed by atoms with E-state index in [4.69, 9.17) is 4.74 Å². The molecule has 0 atom stereocenters. The predicted molar refractivity (Wildman–Crippen MR) is 269 cm³/mol. The van der Waals surface area contributed by atoms with Gasteiger partial charge in [0.15, 0.2) is 0 Å². The summed E-state index contributed by atoms with van der Waals surface area (Å²) in [5.41, 5.74) is 15.0. The highest BCUT2D eigenvalue weighted by Crippen LogP contribution is 2.30. The van der Waals surface area contributed by atoms with Gasteiger partial charge in [-0.2, -0.15) is 0 Å². The van der Waals surface area contributed by atoms with Crippen molar-refractivity contribution in [2.24, 2.45) is 0 Å². The maximum absolute atomic E-state index is 12.5. The molecular weight excluding hydrogens is 761 g/mol. The van der Waals surface area contributed by atoms with Crippen LogP contribution in [0.25, 0.3) is 0 Å². The number of ether oxygens (including phenoxy) is 1. The van der Waals surface area contributed by atoms with Crippen molar-refractivity contribution >= 4 is 5.97 Å². The van der Waals surface area contributed by atoms with Crippen LogP contribution in [-0.4, -0.2) is 18.2 Å². The summed E-state index contributed by atoms with van der Waals surface area (Å²) in [6, 6.07) is 2.74. The second kappa shape index (κ2) is 33.3. The molecule has 4 nitrogen and oxygen atoms in total. The van der Waals surface area contributed by atoms with Crippen molar-refractivity contribution < 1.29 is 19.7 Å². The minimum atomic E-state index is -1.07. The average Bonchev–Trinajstić information content (AvgIpc) is 3.20. The molecule has 0 saturated carbocycles. The number of benzene rings is 1. The smallest absolute Gasteiger partial charge is 0.335 e. The average molecular weight is 848 g/mol. The van der Waals surface area contributed by atoms with Crippen LogP contribution in [0, 0.1) is 0 Å². The van der Waals surface area contributed by atoms with Crippen LogP contribution in [0.15, 0.2) is 129 Å². The lowest BCUT2D eigenvalue weighted by Gasteiger charge is -2.18.